The average Bonchev–Trinajstić information content (AvgIpc) is 3.09. The second-order valence-corrected chi connectivity index (χ2v) is 8.05. The molecule has 0 radical (unpaired) electrons. The number of hydrogen-bond acceptors (Lipinski definition) is 2. The van der Waals surface area contributed by atoms with Crippen molar-refractivity contribution in [3.63, 3.8) is 0 Å². The highest BCUT2D eigenvalue weighted by Crippen LogP contribution is 2.29. The number of hydrogen-bond donors (Lipinski definition) is 2. The van der Waals surface area contributed by atoms with Gasteiger partial charge in [-0.05, 0) is 44.4 Å². The van der Waals surface area contributed by atoms with Crippen LogP contribution in [0, 0.1) is 17.8 Å². The van der Waals surface area contributed by atoms with E-state index in [0.29, 0.717) is 6.04 Å². The van der Waals surface area contributed by atoms with E-state index in [-0.39, 0.29) is 5.54 Å². The summed E-state index contributed by atoms with van der Waals surface area (Å²) < 4.78 is 0. The molecule has 1 saturated carbocycles. The third-order valence-corrected chi connectivity index (χ3v) is 5.07. The Morgan fingerprint density at radius 3 is 2.19 bits per heavy atom. The highest BCUT2D eigenvalue weighted by atomic mass is 15.3. The lowest BCUT2D eigenvalue weighted by molar-refractivity contribution is 0.0483. The van der Waals surface area contributed by atoms with Crippen molar-refractivity contribution in [2.45, 2.75) is 59.0 Å². The largest absolute Gasteiger partial charge is 0.355 e. The number of aliphatic imine (C=N–C) groups is 1. The molecule has 4 unspecified atom stereocenters. The molecule has 1 saturated heterocycles. The van der Waals surface area contributed by atoms with Gasteiger partial charge >= 0.3 is 0 Å². The first-order valence-corrected chi connectivity index (χ1v) is 8.54. The molecule has 0 spiro atoms. The van der Waals surface area contributed by atoms with Crippen molar-refractivity contribution in [1.82, 2.24) is 15.5 Å². The van der Waals surface area contributed by atoms with E-state index in [9.17, 15) is 0 Å². The van der Waals surface area contributed by atoms with Gasteiger partial charge in [0, 0.05) is 38.3 Å². The molecular formula is C17H34N4. The van der Waals surface area contributed by atoms with Crippen LogP contribution in [-0.4, -0.2) is 49.1 Å². The molecule has 4 heteroatoms. The molecular weight excluding hydrogens is 260 g/mol. The molecule has 21 heavy (non-hydrogen) atoms. The molecule has 1 aliphatic carbocycles. The predicted octanol–water partition coefficient (Wildman–Crippen LogP) is 2.32. The van der Waals surface area contributed by atoms with Gasteiger partial charge in [-0.25, -0.2) is 0 Å². The number of piperidine rings is 1. The number of nitrogens with zero attached hydrogens (tertiary/aromatic N) is 2. The van der Waals surface area contributed by atoms with Crippen molar-refractivity contribution in [3.8, 4) is 0 Å². The third-order valence-electron chi connectivity index (χ3n) is 5.07. The van der Waals surface area contributed by atoms with Crippen LogP contribution in [0.25, 0.3) is 0 Å². The fourth-order valence-electron chi connectivity index (χ4n) is 3.46. The monoisotopic (exact) mass is 294 g/mol. The molecule has 1 aliphatic heterocycles. The molecule has 2 N–H and O–H groups in total. The van der Waals surface area contributed by atoms with Gasteiger partial charge < -0.3 is 10.6 Å². The Hall–Kier alpha value is -0.770. The highest BCUT2D eigenvalue weighted by Gasteiger charge is 2.35. The summed E-state index contributed by atoms with van der Waals surface area (Å²) >= 11 is 0. The zero-order chi connectivity index (χ0) is 15.6. The van der Waals surface area contributed by atoms with Gasteiger partial charge in [0.2, 0.25) is 0 Å². The summed E-state index contributed by atoms with van der Waals surface area (Å²) in [6, 6.07) is 0.620. The van der Waals surface area contributed by atoms with Crippen molar-refractivity contribution in [1.29, 1.82) is 0 Å². The van der Waals surface area contributed by atoms with Crippen molar-refractivity contribution in [3.05, 3.63) is 0 Å². The molecule has 1 heterocycles. The lowest BCUT2D eigenvalue weighted by Crippen LogP contribution is -2.57. The summed E-state index contributed by atoms with van der Waals surface area (Å²) in [6.45, 7) is 15.1. The summed E-state index contributed by atoms with van der Waals surface area (Å²) in [6.07, 6.45) is 2.63. The Balaban J connectivity index is 1.84. The van der Waals surface area contributed by atoms with Crippen LogP contribution < -0.4 is 10.6 Å². The Bertz CT molecular complexity index is 367. The Morgan fingerprint density at radius 1 is 1.14 bits per heavy atom. The number of guanidine groups is 1. The molecule has 0 aromatic rings. The van der Waals surface area contributed by atoms with E-state index in [1.807, 2.05) is 7.05 Å². The van der Waals surface area contributed by atoms with Crippen molar-refractivity contribution < 1.29 is 0 Å². The van der Waals surface area contributed by atoms with Gasteiger partial charge in [0.15, 0.2) is 5.96 Å². The summed E-state index contributed by atoms with van der Waals surface area (Å²) in [5.41, 5.74) is 0.162. The smallest absolute Gasteiger partial charge is 0.191 e. The van der Waals surface area contributed by atoms with Crippen LogP contribution in [0.15, 0.2) is 4.99 Å². The summed E-state index contributed by atoms with van der Waals surface area (Å²) in [7, 11) is 1.86. The van der Waals surface area contributed by atoms with E-state index in [4.69, 9.17) is 0 Å². The Kier molecular flexibility index (Phi) is 5.18. The van der Waals surface area contributed by atoms with Gasteiger partial charge in [-0.15, -0.1) is 0 Å². The number of likely N-dealkylation sites (tertiary alicyclic amines) is 1. The number of nitrogens with one attached hydrogen (secondary N) is 2. The highest BCUT2D eigenvalue weighted by molar-refractivity contribution is 5.80. The van der Waals surface area contributed by atoms with Crippen LogP contribution in [0.2, 0.25) is 0 Å². The Labute approximate surface area is 130 Å². The topological polar surface area (TPSA) is 39.7 Å². The van der Waals surface area contributed by atoms with Crippen LogP contribution in [0.5, 0.6) is 0 Å². The molecule has 0 aromatic carbocycles. The zero-order valence-electron chi connectivity index (χ0n) is 14.7. The van der Waals surface area contributed by atoms with Crippen LogP contribution in [-0.2, 0) is 0 Å². The van der Waals surface area contributed by atoms with E-state index in [0.717, 1.165) is 30.3 Å². The van der Waals surface area contributed by atoms with Gasteiger partial charge in [-0.2, -0.15) is 0 Å². The maximum atomic E-state index is 4.36. The molecule has 0 bridgehead atoms. The minimum atomic E-state index is 0.162. The summed E-state index contributed by atoms with van der Waals surface area (Å²) in [4.78, 5) is 7.00. The van der Waals surface area contributed by atoms with E-state index < -0.39 is 0 Å². The minimum Gasteiger partial charge on any atom is -0.355 e. The lowest BCUT2D eigenvalue weighted by Gasteiger charge is -2.45. The van der Waals surface area contributed by atoms with Gasteiger partial charge in [-0.3, -0.25) is 9.89 Å². The Morgan fingerprint density at radius 2 is 1.71 bits per heavy atom. The van der Waals surface area contributed by atoms with Gasteiger partial charge in [-0.1, -0.05) is 20.8 Å². The van der Waals surface area contributed by atoms with E-state index in [2.05, 4.69) is 55.1 Å². The predicted molar refractivity (Wildman–Crippen MR) is 90.7 cm³/mol. The van der Waals surface area contributed by atoms with Crippen molar-refractivity contribution >= 4 is 5.96 Å². The summed E-state index contributed by atoms with van der Waals surface area (Å²) in [5.74, 6) is 3.35. The fourth-order valence-corrected chi connectivity index (χ4v) is 3.46. The maximum absolute atomic E-state index is 4.36. The molecule has 122 valence electrons. The molecule has 0 aromatic heterocycles. The van der Waals surface area contributed by atoms with Crippen LogP contribution in [0.4, 0.5) is 0 Å². The first-order valence-electron chi connectivity index (χ1n) is 8.54. The molecule has 2 fully saturated rings. The average molecular weight is 294 g/mol. The molecule has 2 rings (SSSR count). The molecule has 0 amide bonds. The van der Waals surface area contributed by atoms with E-state index in [1.54, 1.807) is 0 Å². The maximum Gasteiger partial charge on any atom is 0.191 e. The normalized spacial score (nSPS) is 34.7. The first-order chi connectivity index (χ1) is 9.81. The third kappa shape index (κ3) is 4.60. The number of rotatable bonds is 4. The van der Waals surface area contributed by atoms with Crippen molar-refractivity contribution in [2.75, 3.05) is 26.7 Å². The van der Waals surface area contributed by atoms with Crippen LogP contribution in [0.3, 0.4) is 0 Å². The molecule has 2 aliphatic rings. The second-order valence-electron chi connectivity index (χ2n) is 8.05. The van der Waals surface area contributed by atoms with Crippen LogP contribution in [0.1, 0.15) is 47.5 Å². The molecule has 4 atom stereocenters. The second kappa shape index (κ2) is 6.55. The van der Waals surface area contributed by atoms with Crippen molar-refractivity contribution in [2.24, 2.45) is 22.7 Å². The van der Waals surface area contributed by atoms with E-state index >= 15 is 0 Å². The van der Waals surface area contributed by atoms with Crippen LogP contribution >= 0.6 is 0 Å². The summed E-state index contributed by atoms with van der Waals surface area (Å²) in [5, 5.41) is 7.03. The first kappa shape index (κ1) is 16.6. The zero-order valence-corrected chi connectivity index (χ0v) is 14.7. The fraction of sp³-hybridized carbons (Fsp3) is 0.941. The van der Waals surface area contributed by atoms with E-state index in [1.165, 1.54) is 25.9 Å². The lowest BCUT2D eigenvalue weighted by atomic mass is 9.88. The molecule has 4 nitrogen and oxygen atoms in total. The standard InChI is InChI=1S/C17H34N4/c1-12-7-13(2)10-21(9-12)17(4,5)11-19-16(18-6)20-15-8-14(15)3/h12-15H,7-11H2,1-6H3,(H2,18,19,20). The van der Waals surface area contributed by atoms with Gasteiger partial charge in [0.25, 0.3) is 0 Å². The minimum absolute atomic E-state index is 0.162. The quantitative estimate of drug-likeness (QED) is 0.617. The SMILES string of the molecule is CN=C(NCC(C)(C)N1CC(C)CC(C)C1)NC1CC1C. The van der Waals surface area contributed by atoms with Gasteiger partial charge in [0.1, 0.15) is 0 Å². The van der Waals surface area contributed by atoms with Gasteiger partial charge in [0.05, 0.1) is 0 Å².